The van der Waals surface area contributed by atoms with Gasteiger partial charge in [0.15, 0.2) is 0 Å². The van der Waals surface area contributed by atoms with Crippen molar-refractivity contribution in [2.24, 2.45) is 0 Å². The molecule has 0 aliphatic carbocycles. The average Bonchev–Trinajstić information content (AvgIpc) is 2.98. The summed E-state index contributed by atoms with van der Waals surface area (Å²) in [5.74, 6) is 1.11. The molecule has 19 heavy (non-hydrogen) atoms. The topological polar surface area (TPSA) is 76.7 Å². The number of rotatable bonds is 4. The lowest BCUT2D eigenvalue weighted by atomic mass is 10.3. The van der Waals surface area contributed by atoms with Crippen LogP contribution >= 0.6 is 22.7 Å². The molecule has 0 saturated carbocycles. The van der Waals surface area contributed by atoms with Crippen molar-refractivity contribution in [3.8, 4) is 0 Å². The van der Waals surface area contributed by atoms with Gasteiger partial charge in [0.25, 0.3) is 0 Å². The first kappa shape index (κ1) is 12.3. The molecule has 0 unspecified atom stereocenters. The Balaban J connectivity index is 1.73. The summed E-state index contributed by atoms with van der Waals surface area (Å²) in [4.78, 5) is 13.8. The molecule has 3 N–H and O–H groups in total. The second kappa shape index (κ2) is 5.10. The van der Waals surface area contributed by atoms with E-state index in [1.165, 1.54) is 0 Å². The maximum absolute atomic E-state index is 5.70. The van der Waals surface area contributed by atoms with Crippen molar-refractivity contribution in [3.05, 3.63) is 27.5 Å². The number of aromatic nitrogens is 3. The van der Waals surface area contributed by atoms with Gasteiger partial charge in [-0.05, 0) is 18.4 Å². The molecule has 3 aromatic rings. The number of nitrogens with one attached hydrogen (secondary N) is 1. The highest BCUT2D eigenvalue weighted by Crippen LogP contribution is 2.25. The summed E-state index contributed by atoms with van der Waals surface area (Å²) >= 11 is 3.25. The molecule has 5 nitrogen and oxygen atoms in total. The minimum Gasteiger partial charge on any atom is -0.369 e. The van der Waals surface area contributed by atoms with Crippen LogP contribution in [-0.4, -0.2) is 21.5 Å². The highest BCUT2D eigenvalue weighted by atomic mass is 32.1. The first-order valence-electron chi connectivity index (χ1n) is 5.88. The van der Waals surface area contributed by atoms with Gasteiger partial charge in [-0.25, -0.2) is 9.97 Å². The van der Waals surface area contributed by atoms with Gasteiger partial charge < -0.3 is 11.1 Å². The van der Waals surface area contributed by atoms with Gasteiger partial charge in [0, 0.05) is 24.0 Å². The number of thiazole rings is 1. The third-order valence-corrected chi connectivity index (χ3v) is 4.47. The molecular weight excluding hydrogens is 278 g/mol. The predicted octanol–water partition coefficient (Wildman–Crippen LogP) is 2.69. The van der Waals surface area contributed by atoms with E-state index in [9.17, 15) is 0 Å². The summed E-state index contributed by atoms with van der Waals surface area (Å²) in [5, 5.41) is 9.53. The van der Waals surface area contributed by atoms with Crippen LogP contribution in [-0.2, 0) is 6.42 Å². The number of nitrogens with zero attached hydrogens (tertiary/aromatic N) is 3. The number of hydrogen-bond donors (Lipinski definition) is 2. The molecule has 3 rings (SSSR count). The van der Waals surface area contributed by atoms with Gasteiger partial charge >= 0.3 is 0 Å². The molecule has 0 radical (unpaired) electrons. The molecule has 0 amide bonds. The molecule has 0 spiro atoms. The van der Waals surface area contributed by atoms with Gasteiger partial charge in [-0.15, -0.1) is 22.7 Å². The number of fused-ring (bicyclic) bond motifs is 1. The molecule has 3 heterocycles. The normalized spacial score (nSPS) is 11.0. The Kier molecular flexibility index (Phi) is 3.31. The van der Waals surface area contributed by atoms with Crippen LogP contribution < -0.4 is 11.1 Å². The maximum Gasteiger partial charge on any atom is 0.223 e. The lowest BCUT2D eigenvalue weighted by Crippen LogP contribution is -2.08. The zero-order valence-corrected chi connectivity index (χ0v) is 12.0. The third-order valence-electron chi connectivity index (χ3n) is 2.64. The van der Waals surface area contributed by atoms with Crippen LogP contribution in [0.5, 0.6) is 0 Å². The SMILES string of the molecule is Cc1csc(CCNc2nc(N)nc3sccc23)n1. The van der Waals surface area contributed by atoms with Gasteiger partial charge in [-0.3, -0.25) is 0 Å². The number of nitrogens with two attached hydrogens (primary N) is 1. The number of aryl methyl sites for hydroxylation is 1. The predicted molar refractivity (Wildman–Crippen MR) is 80.9 cm³/mol. The molecule has 0 aliphatic rings. The second-order valence-electron chi connectivity index (χ2n) is 4.13. The molecule has 0 aromatic carbocycles. The van der Waals surface area contributed by atoms with Gasteiger partial charge in [0.05, 0.1) is 10.4 Å². The van der Waals surface area contributed by atoms with E-state index in [0.717, 1.165) is 39.7 Å². The van der Waals surface area contributed by atoms with Crippen molar-refractivity contribution in [2.45, 2.75) is 13.3 Å². The second-order valence-corrected chi connectivity index (χ2v) is 5.97. The lowest BCUT2D eigenvalue weighted by molar-refractivity contribution is 0.979. The fraction of sp³-hybridized carbons (Fsp3) is 0.250. The summed E-state index contributed by atoms with van der Waals surface area (Å²) in [6.45, 7) is 2.79. The Morgan fingerprint density at radius 2 is 2.16 bits per heavy atom. The van der Waals surface area contributed by atoms with Gasteiger partial charge in [-0.2, -0.15) is 4.98 Å². The van der Waals surface area contributed by atoms with E-state index in [4.69, 9.17) is 5.73 Å². The Morgan fingerprint density at radius 3 is 2.95 bits per heavy atom. The standard InChI is InChI=1S/C12H13N5S2/c1-7-6-19-9(15-7)2-4-14-10-8-3-5-18-11(8)17-12(13)16-10/h3,5-6H,2,4H2,1H3,(H3,13,14,16,17). The monoisotopic (exact) mass is 291 g/mol. The molecule has 98 valence electrons. The first-order valence-corrected chi connectivity index (χ1v) is 7.64. The average molecular weight is 291 g/mol. The summed E-state index contributed by atoms with van der Waals surface area (Å²) in [5.41, 5.74) is 6.78. The molecule has 0 aliphatic heterocycles. The number of anilines is 2. The van der Waals surface area contributed by atoms with E-state index in [-0.39, 0.29) is 0 Å². The Bertz CT molecular complexity index is 703. The smallest absolute Gasteiger partial charge is 0.223 e. The van der Waals surface area contributed by atoms with Crippen molar-refractivity contribution in [1.29, 1.82) is 0 Å². The Hall–Kier alpha value is -1.73. The van der Waals surface area contributed by atoms with Crippen LogP contribution in [0.15, 0.2) is 16.8 Å². The molecule has 0 fully saturated rings. The lowest BCUT2D eigenvalue weighted by Gasteiger charge is -2.06. The number of thiophene rings is 1. The third kappa shape index (κ3) is 2.66. The molecule has 0 saturated heterocycles. The highest BCUT2D eigenvalue weighted by Gasteiger charge is 2.07. The number of nitrogen functional groups attached to an aromatic ring is 1. The summed E-state index contributed by atoms with van der Waals surface area (Å²) in [6, 6.07) is 2.01. The molecule has 0 bridgehead atoms. The largest absolute Gasteiger partial charge is 0.369 e. The van der Waals surface area contributed by atoms with Crippen molar-refractivity contribution >= 4 is 44.7 Å². The summed E-state index contributed by atoms with van der Waals surface area (Å²) < 4.78 is 0. The van der Waals surface area contributed by atoms with Crippen molar-refractivity contribution < 1.29 is 0 Å². The fourth-order valence-electron chi connectivity index (χ4n) is 1.81. The highest BCUT2D eigenvalue weighted by molar-refractivity contribution is 7.16. The van der Waals surface area contributed by atoms with Crippen LogP contribution in [0.3, 0.4) is 0 Å². The van der Waals surface area contributed by atoms with Crippen LogP contribution in [0, 0.1) is 6.92 Å². The Labute approximate surface area is 118 Å². The van der Waals surface area contributed by atoms with Crippen molar-refractivity contribution in [2.75, 3.05) is 17.6 Å². The maximum atomic E-state index is 5.70. The van der Waals surface area contributed by atoms with Crippen LogP contribution in [0.4, 0.5) is 11.8 Å². The molecule has 0 atom stereocenters. The van der Waals surface area contributed by atoms with E-state index >= 15 is 0 Å². The van der Waals surface area contributed by atoms with E-state index in [2.05, 4.69) is 25.6 Å². The minimum absolute atomic E-state index is 0.308. The van der Waals surface area contributed by atoms with E-state index in [0.29, 0.717) is 5.95 Å². The molecule has 3 aromatic heterocycles. The van der Waals surface area contributed by atoms with Crippen LogP contribution in [0.2, 0.25) is 0 Å². The fourth-order valence-corrected chi connectivity index (χ4v) is 3.36. The van der Waals surface area contributed by atoms with Gasteiger partial charge in [-0.1, -0.05) is 0 Å². The van der Waals surface area contributed by atoms with E-state index < -0.39 is 0 Å². The quantitative estimate of drug-likeness (QED) is 0.773. The Morgan fingerprint density at radius 1 is 1.26 bits per heavy atom. The van der Waals surface area contributed by atoms with Gasteiger partial charge in [0.2, 0.25) is 5.95 Å². The van der Waals surface area contributed by atoms with Crippen LogP contribution in [0.1, 0.15) is 10.7 Å². The van der Waals surface area contributed by atoms with Gasteiger partial charge in [0.1, 0.15) is 10.6 Å². The van der Waals surface area contributed by atoms with Crippen LogP contribution in [0.25, 0.3) is 10.2 Å². The summed E-state index contributed by atoms with van der Waals surface area (Å²) in [6.07, 6.45) is 0.883. The van der Waals surface area contributed by atoms with Crippen molar-refractivity contribution in [1.82, 2.24) is 15.0 Å². The number of hydrogen-bond acceptors (Lipinski definition) is 7. The van der Waals surface area contributed by atoms with Crippen molar-refractivity contribution in [3.63, 3.8) is 0 Å². The zero-order valence-electron chi connectivity index (χ0n) is 10.4. The minimum atomic E-state index is 0.308. The molecule has 7 heteroatoms. The summed E-state index contributed by atoms with van der Waals surface area (Å²) in [7, 11) is 0. The van der Waals surface area contributed by atoms with E-state index in [1.54, 1.807) is 22.7 Å². The molecular formula is C12H13N5S2. The van der Waals surface area contributed by atoms with E-state index in [1.807, 2.05) is 18.4 Å². The first-order chi connectivity index (χ1) is 9.22. The zero-order chi connectivity index (χ0) is 13.2.